The van der Waals surface area contributed by atoms with Crippen LogP contribution in [0.5, 0.6) is 0 Å². The molecule has 0 amide bonds. The first kappa shape index (κ1) is 14.0. The number of aromatic nitrogens is 1. The molecule has 0 aliphatic rings. The third kappa shape index (κ3) is 3.13. The SMILES string of the molecule is CCc1cc(-c2ccc(C)cc2)ncc1[Si](C)(C)C. The summed E-state index contributed by atoms with van der Waals surface area (Å²) in [4.78, 5) is 4.69. The average Bonchev–Trinajstić information content (AvgIpc) is 2.38. The maximum absolute atomic E-state index is 4.69. The number of hydrogen-bond acceptors (Lipinski definition) is 1. The highest BCUT2D eigenvalue weighted by Crippen LogP contribution is 2.19. The van der Waals surface area contributed by atoms with Gasteiger partial charge in [0.1, 0.15) is 0 Å². The zero-order valence-electron chi connectivity index (χ0n) is 12.6. The zero-order chi connectivity index (χ0) is 14.0. The fourth-order valence-electron chi connectivity index (χ4n) is 2.35. The Hall–Kier alpha value is -1.41. The van der Waals surface area contributed by atoms with Crippen LogP contribution in [-0.2, 0) is 6.42 Å². The zero-order valence-corrected chi connectivity index (χ0v) is 13.6. The van der Waals surface area contributed by atoms with Gasteiger partial charge in [-0.05, 0) is 30.2 Å². The van der Waals surface area contributed by atoms with E-state index in [4.69, 9.17) is 0 Å². The molecule has 1 nitrogen and oxygen atoms in total. The van der Waals surface area contributed by atoms with E-state index in [1.165, 1.54) is 21.9 Å². The Labute approximate surface area is 117 Å². The van der Waals surface area contributed by atoms with E-state index in [-0.39, 0.29) is 0 Å². The Balaban J connectivity index is 2.47. The minimum atomic E-state index is -1.29. The molecule has 1 heterocycles. The van der Waals surface area contributed by atoms with Crippen molar-refractivity contribution in [3.05, 3.63) is 47.7 Å². The van der Waals surface area contributed by atoms with E-state index >= 15 is 0 Å². The van der Waals surface area contributed by atoms with Crippen molar-refractivity contribution in [3.8, 4) is 11.3 Å². The van der Waals surface area contributed by atoms with E-state index in [1.54, 1.807) is 0 Å². The van der Waals surface area contributed by atoms with Crippen LogP contribution in [0, 0.1) is 6.92 Å². The second-order valence-electron chi connectivity index (χ2n) is 6.20. The first-order chi connectivity index (χ1) is 8.91. The molecule has 1 aromatic heterocycles. The topological polar surface area (TPSA) is 12.9 Å². The van der Waals surface area contributed by atoms with Crippen LogP contribution in [0.4, 0.5) is 0 Å². The van der Waals surface area contributed by atoms with Crippen LogP contribution >= 0.6 is 0 Å². The maximum atomic E-state index is 4.69. The van der Waals surface area contributed by atoms with Crippen molar-refractivity contribution >= 4 is 13.3 Å². The molecule has 0 saturated heterocycles. The van der Waals surface area contributed by atoms with E-state index in [9.17, 15) is 0 Å². The molecule has 0 atom stereocenters. The first-order valence-electron chi connectivity index (χ1n) is 6.98. The summed E-state index contributed by atoms with van der Waals surface area (Å²) < 4.78 is 0. The van der Waals surface area contributed by atoms with Gasteiger partial charge in [0.25, 0.3) is 0 Å². The van der Waals surface area contributed by atoms with Crippen molar-refractivity contribution in [1.29, 1.82) is 0 Å². The van der Waals surface area contributed by atoms with Crippen molar-refractivity contribution < 1.29 is 0 Å². The Morgan fingerprint density at radius 3 is 2.21 bits per heavy atom. The lowest BCUT2D eigenvalue weighted by Crippen LogP contribution is -2.40. The van der Waals surface area contributed by atoms with Crippen molar-refractivity contribution in [3.63, 3.8) is 0 Å². The molecule has 2 heteroatoms. The molecule has 0 aliphatic heterocycles. The summed E-state index contributed by atoms with van der Waals surface area (Å²) in [5.41, 5.74) is 5.06. The molecular weight excluding hydrogens is 246 g/mol. The monoisotopic (exact) mass is 269 g/mol. The molecule has 0 bridgehead atoms. The quantitative estimate of drug-likeness (QED) is 0.762. The van der Waals surface area contributed by atoms with Gasteiger partial charge in [0.05, 0.1) is 13.8 Å². The van der Waals surface area contributed by atoms with Crippen LogP contribution < -0.4 is 5.19 Å². The normalized spacial score (nSPS) is 11.6. The summed E-state index contributed by atoms with van der Waals surface area (Å²) in [5.74, 6) is 0. The fraction of sp³-hybridized carbons (Fsp3) is 0.353. The van der Waals surface area contributed by atoms with Gasteiger partial charge in [0, 0.05) is 11.8 Å². The van der Waals surface area contributed by atoms with E-state index in [0.717, 1.165) is 12.1 Å². The van der Waals surface area contributed by atoms with Gasteiger partial charge >= 0.3 is 0 Å². The molecule has 0 radical (unpaired) electrons. The van der Waals surface area contributed by atoms with Crippen molar-refractivity contribution in [1.82, 2.24) is 4.98 Å². The molecule has 1 aromatic carbocycles. The lowest BCUT2D eigenvalue weighted by molar-refractivity contribution is 1.13. The van der Waals surface area contributed by atoms with Crippen LogP contribution in [0.15, 0.2) is 36.5 Å². The van der Waals surface area contributed by atoms with Crippen LogP contribution in [-0.4, -0.2) is 13.1 Å². The molecule has 0 unspecified atom stereocenters. The predicted octanol–water partition coefficient (Wildman–Crippen LogP) is 4.16. The number of aryl methyl sites for hydroxylation is 2. The van der Waals surface area contributed by atoms with Gasteiger partial charge in [-0.25, -0.2) is 0 Å². The number of benzene rings is 1. The summed E-state index contributed by atoms with van der Waals surface area (Å²) >= 11 is 0. The third-order valence-corrected chi connectivity index (χ3v) is 5.59. The molecular formula is C17H23NSi. The van der Waals surface area contributed by atoms with Crippen LogP contribution in [0.25, 0.3) is 11.3 Å². The lowest BCUT2D eigenvalue weighted by Gasteiger charge is -2.20. The van der Waals surface area contributed by atoms with Crippen LogP contribution in [0.3, 0.4) is 0 Å². The number of rotatable bonds is 3. The van der Waals surface area contributed by atoms with E-state index in [0.29, 0.717) is 0 Å². The Morgan fingerprint density at radius 2 is 1.68 bits per heavy atom. The second kappa shape index (κ2) is 5.30. The van der Waals surface area contributed by atoms with E-state index in [2.05, 4.69) is 75.0 Å². The molecule has 0 N–H and O–H groups in total. The van der Waals surface area contributed by atoms with Crippen LogP contribution in [0.2, 0.25) is 19.6 Å². The van der Waals surface area contributed by atoms with Crippen molar-refractivity contribution in [2.75, 3.05) is 0 Å². The largest absolute Gasteiger partial charge is 0.256 e. The third-order valence-electron chi connectivity index (χ3n) is 3.53. The molecule has 2 aromatic rings. The standard InChI is InChI=1S/C17H23NSi/c1-6-14-11-16(15-9-7-13(2)8-10-15)18-12-17(14)19(3,4)5/h7-12H,6H2,1-5H3. The predicted molar refractivity (Wildman–Crippen MR) is 86.8 cm³/mol. The van der Waals surface area contributed by atoms with Crippen LogP contribution in [0.1, 0.15) is 18.1 Å². The maximum Gasteiger partial charge on any atom is 0.0799 e. The Morgan fingerprint density at radius 1 is 1.05 bits per heavy atom. The first-order valence-corrected chi connectivity index (χ1v) is 10.5. The minimum absolute atomic E-state index is 1.08. The van der Waals surface area contributed by atoms with Gasteiger partial charge in [-0.3, -0.25) is 4.98 Å². The molecule has 0 saturated carbocycles. The summed E-state index contributed by atoms with van der Waals surface area (Å²) in [6.07, 6.45) is 3.20. The van der Waals surface area contributed by atoms with Gasteiger partial charge in [0.15, 0.2) is 0 Å². The van der Waals surface area contributed by atoms with Gasteiger partial charge < -0.3 is 0 Å². The second-order valence-corrected chi connectivity index (χ2v) is 11.2. The minimum Gasteiger partial charge on any atom is -0.256 e. The van der Waals surface area contributed by atoms with Gasteiger partial charge in [-0.15, -0.1) is 0 Å². The molecule has 0 spiro atoms. The van der Waals surface area contributed by atoms with E-state index in [1.807, 2.05) is 0 Å². The number of nitrogens with zero attached hydrogens (tertiary/aromatic N) is 1. The molecule has 100 valence electrons. The smallest absolute Gasteiger partial charge is 0.0799 e. The summed E-state index contributed by atoms with van der Waals surface area (Å²) in [7, 11) is -1.29. The highest BCUT2D eigenvalue weighted by atomic mass is 28.3. The Bertz CT molecular complexity index is 565. The average molecular weight is 269 g/mol. The Kier molecular flexibility index (Phi) is 3.90. The molecule has 2 rings (SSSR count). The van der Waals surface area contributed by atoms with Gasteiger partial charge in [-0.2, -0.15) is 0 Å². The molecule has 0 fully saturated rings. The number of hydrogen-bond donors (Lipinski definition) is 0. The van der Waals surface area contributed by atoms with Gasteiger partial charge in [0.2, 0.25) is 0 Å². The lowest BCUT2D eigenvalue weighted by atomic mass is 10.1. The van der Waals surface area contributed by atoms with Gasteiger partial charge in [-0.1, -0.05) is 56.4 Å². The number of pyridine rings is 1. The molecule has 19 heavy (non-hydrogen) atoms. The summed E-state index contributed by atoms with van der Waals surface area (Å²) in [6.45, 7) is 11.5. The van der Waals surface area contributed by atoms with Crippen molar-refractivity contribution in [2.45, 2.75) is 39.9 Å². The summed E-state index contributed by atoms with van der Waals surface area (Å²) in [6, 6.07) is 10.9. The highest BCUT2D eigenvalue weighted by molar-refractivity contribution is 6.89. The highest BCUT2D eigenvalue weighted by Gasteiger charge is 2.20. The summed E-state index contributed by atoms with van der Waals surface area (Å²) in [5, 5.41) is 1.49. The van der Waals surface area contributed by atoms with Crippen molar-refractivity contribution in [2.24, 2.45) is 0 Å². The van der Waals surface area contributed by atoms with E-state index < -0.39 is 8.07 Å². The fourth-order valence-corrected chi connectivity index (χ4v) is 4.01. The molecule has 0 aliphatic carbocycles.